The van der Waals surface area contributed by atoms with Gasteiger partial charge in [-0.2, -0.15) is 9.31 Å². The molecule has 0 saturated heterocycles. The zero-order valence-electron chi connectivity index (χ0n) is 8.82. The summed E-state index contributed by atoms with van der Waals surface area (Å²) in [6.45, 7) is 0.854. The van der Waals surface area contributed by atoms with Gasteiger partial charge in [0.1, 0.15) is 5.82 Å². The molecular weight excluding hydrogens is 210 g/mol. The van der Waals surface area contributed by atoms with Crippen LogP contribution in [0.4, 0.5) is 5.82 Å². The fraction of sp³-hybridized carbons (Fsp3) is 0.444. The summed E-state index contributed by atoms with van der Waals surface area (Å²) >= 11 is 0. The topological polar surface area (TPSA) is 92.0 Å². The molecule has 7 heteroatoms. The summed E-state index contributed by atoms with van der Waals surface area (Å²) < 4.78 is 1.71. The third-order valence-corrected chi connectivity index (χ3v) is 2.36. The fourth-order valence-electron chi connectivity index (χ4n) is 1.68. The van der Waals surface area contributed by atoms with Gasteiger partial charge in [-0.15, -0.1) is 0 Å². The lowest BCUT2D eigenvalue weighted by Crippen LogP contribution is -2.41. The van der Waals surface area contributed by atoms with Crippen LogP contribution >= 0.6 is 0 Å². The molecule has 0 aromatic carbocycles. The van der Waals surface area contributed by atoms with E-state index in [1.54, 1.807) is 26.7 Å². The molecule has 2 rings (SSSR count). The quantitative estimate of drug-likeness (QED) is 0.584. The lowest BCUT2D eigenvalue weighted by molar-refractivity contribution is 0.259. The van der Waals surface area contributed by atoms with E-state index in [2.05, 4.69) is 4.98 Å². The molecule has 0 radical (unpaired) electrons. The zero-order chi connectivity index (χ0) is 11.5. The van der Waals surface area contributed by atoms with Crippen molar-refractivity contribution in [2.24, 2.45) is 0 Å². The number of aromatic nitrogens is 3. The van der Waals surface area contributed by atoms with Gasteiger partial charge in [-0.1, -0.05) is 0 Å². The molecule has 0 fully saturated rings. The van der Waals surface area contributed by atoms with Crippen molar-refractivity contribution >= 4 is 11.5 Å². The van der Waals surface area contributed by atoms with E-state index in [0.29, 0.717) is 18.9 Å². The predicted molar refractivity (Wildman–Crippen MR) is 59.7 cm³/mol. The number of rotatable bonds is 5. The van der Waals surface area contributed by atoms with Crippen molar-refractivity contribution < 1.29 is 10.2 Å². The SMILES string of the molecule is Nc1cnc2ccn(N(CCO)CCO)n12. The van der Waals surface area contributed by atoms with Gasteiger partial charge in [-0.05, 0) is 0 Å². The van der Waals surface area contributed by atoms with Gasteiger partial charge >= 0.3 is 0 Å². The molecular formula is C9H15N5O2. The molecule has 16 heavy (non-hydrogen) atoms. The smallest absolute Gasteiger partial charge is 0.157 e. The van der Waals surface area contributed by atoms with Gasteiger partial charge in [0.05, 0.1) is 32.5 Å². The second kappa shape index (κ2) is 4.42. The molecule has 0 aliphatic rings. The van der Waals surface area contributed by atoms with Crippen molar-refractivity contribution in [1.29, 1.82) is 0 Å². The molecule has 0 aliphatic heterocycles. The maximum absolute atomic E-state index is 8.96. The van der Waals surface area contributed by atoms with Crippen molar-refractivity contribution in [2.45, 2.75) is 0 Å². The van der Waals surface area contributed by atoms with Crippen molar-refractivity contribution in [3.63, 3.8) is 0 Å². The molecule has 0 aliphatic carbocycles. The standard InChI is InChI=1S/C9H15N5O2/c10-8-7-11-9-1-2-13(14(8)9)12(3-5-15)4-6-16/h1-2,7,15-16H,3-6,10H2. The van der Waals surface area contributed by atoms with Gasteiger partial charge in [0.2, 0.25) is 0 Å². The Morgan fingerprint density at radius 1 is 1.31 bits per heavy atom. The molecule has 2 aromatic heterocycles. The Kier molecular flexibility index (Phi) is 2.97. The van der Waals surface area contributed by atoms with Crippen LogP contribution in [0, 0.1) is 0 Å². The normalized spacial score (nSPS) is 11.1. The summed E-state index contributed by atoms with van der Waals surface area (Å²) in [4.78, 5) is 5.85. The monoisotopic (exact) mass is 225 g/mol. The van der Waals surface area contributed by atoms with E-state index in [9.17, 15) is 0 Å². The zero-order valence-corrected chi connectivity index (χ0v) is 8.82. The first kappa shape index (κ1) is 10.8. The number of fused-ring (bicyclic) bond motifs is 1. The third kappa shape index (κ3) is 1.70. The van der Waals surface area contributed by atoms with Crippen LogP contribution in [0.5, 0.6) is 0 Å². The third-order valence-electron chi connectivity index (χ3n) is 2.36. The van der Waals surface area contributed by atoms with Crippen LogP contribution in [0.25, 0.3) is 5.65 Å². The van der Waals surface area contributed by atoms with Gasteiger partial charge in [0.25, 0.3) is 0 Å². The molecule has 2 heterocycles. The Labute approximate surface area is 92.3 Å². The summed E-state index contributed by atoms with van der Waals surface area (Å²) in [5.74, 6) is 0.515. The highest BCUT2D eigenvalue weighted by Crippen LogP contribution is 2.09. The maximum atomic E-state index is 8.96. The Morgan fingerprint density at radius 3 is 2.62 bits per heavy atom. The number of aliphatic hydroxyl groups excluding tert-OH is 2. The number of anilines is 1. The van der Waals surface area contributed by atoms with E-state index in [1.807, 2.05) is 6.07 Å². The summed E-state index contributed by atoms with van der Waals surface area (Å²) in [5.41, 5.74) is 6.51. The molecule has 0 bridgehead atoms. The van der Waals surface area contributed by atoms with Crippen molar-refractivity contribution in [3.8, 4) is 0 Å². The average molecular weight is 225 g/mol. The summed E-state index contributed by atoms with van der Waals surface area (Å²) in [5, 5.41) is 19.7. The van der Waals surface area contributed by atoms with Crippen LogP contribution < -0.4 is 10.7 Å². The number of imidazole rings is 1. The van der Waals surface area contributed by atoms with Crippen LogP contribution in [0.2, 0.25) is 0 Å². The van der Waals surface area contributed by atoms with E-state index in [4.69, 9.17) is 15.9 Å². The summed E-state index contributed by atoms with van der Waals surface area (Å²) in [6.07, 6.45) is 3.37. The highest BCUT2D eigenvalue weighted by Gasteiger charge is 2.10. The number of hydrogen-bond acceptors (Lipinski definition) is 5. The highest BCUT2D eigenvalue weighted by molar-refractivity contribution is 5.46. The number of aliphatic hydroxyl groups is 2. The molecule has 0 spiro atoms. The first-order chi connectivity index (χ1) is 7.77. The lowest BCUT2D eigenvalue weighted by Gasteiger charge is -2.24. The van der Waals surface area contributed by atoms with Gasteiger partial charge in [-0.25, -0.2) is 4.98 Å². The number of nitrogens with two attached hydrogens (primary N) is 1. The molecule has 88 valence electrons. The largest absolute Gasteiger partial charge is 0.394 e. The molecule has 0 atom stereocenters. The molecule has 2 aromatic rings. The van der Waals surface area contributed by atoms with E-state index in [1.165, 1.54) is 0 Å². The predicted octanol–water partition coefficient (Wildman–Crippen LogP) is -1.36. The number of nitrogens with zero attached hydrogens (tertiary/aromatic N) is 4. The first-order valence-electron chi connectivity index (χ1n) is 5.05. The van der Waals surface area contributed by atoms with Crippen LogP contribution in [0.15, 0.2) is 18.5 Å². The van der Waals surface area contributed by atoms with Crippen molar-refractivity contribution in [1.82, 2.24) is 14.3 Å². The van der Waals surface area contributed by atoms with Crippen molar-refractivity contribution in [3.05, 3.63) is 18.5 Å². The molecule has 4 N–H and O–H groups in total. The van der Waals surface area contributed by atoms with Gasteiger partial charge in [0.15, 0.2) is 5.65 Å². The Bertz CT molecular complexity index is 457. The van der Waals surface area contributed by atoms with Crippen LogP contribution in [-0.4, -0.2) is 50.8 Å². The Balaban J connectivity index is 2.38. The molecule has 0 saturated carbocycles. The Morgan fingerprint density at radius 2 is 2.00 bits per heavy atom. The van der Waals surface area contributed by atoms with Crippen LogP contribution in [0.1, 0.15) is 0 Å². The van der Waals surface area contributed by atoms with Crippen LogP contribution in [0.3, 0.4) is 0 Å². The second-order valence-electron chi connectivity index (χ2n) is 3.39. The average Bonchev–Trinajstić information content (AvgIpc) is 2.82. The minimum absolute atomic E-state index is 0.00821. The van der Waals surface area contributed by atoms with Gasteiger partial charge < -0.3 is 15.9 Å². The fourth-order valence-corrected chi connectivity index (χ4v) is 1.68. The van der Waals surface area contributed by atoms with Crippen molar-refractivity contribution in [2.75, 3.05) is 37.0 Å². The van der Waals surface area contributed by atoms with E-state index in [-0.39, 0.29) is 13.2 Å². The minimum atomic E-state index is 0.00821. The molecule has 0 unspecified atom stereocenters. The summed E-state index contributed by atoms with van der Waals surface area (Å²) in [6, 6.07) is 1.82. The maximum Gasteiger partial charge on any atom is 0.157 e. The molecule has 7 nitrogen and oxygen atoms in total. The Hall–Kier alpha value is -1.73. The first-order valence-corrected chi connectivity index (χ1v) is 5.05. The van der Waals surface area contributed by atoms with E-state index < -0.39 is 0 Å². The number of nitrogen functional groups attached to an aromatic ring is 1. The van der Waals surface area contributed by atoms with Gasteiger partial charge in [0, 0.05) is 12.3 Å². The second-order valence-corrected chi connectivity index (χ2v) is 3.39. The van der Waals surface area contributed by atoms with Crippen LogP contribution in [-0.2, 0) is 0 Å². The highest BCUT2D eigenvalue weighted by atomic mass is 16.3. The van der Waals surface area contributed by atoms with E-state index >= 15 is 0 Å². The number of hydrogen-bond donors (Lipinski definition) is 3. The van der Waals surface area contributed by atoms with Gasteiger partial charge in [-0.3, -0.25) is 5.01 Å². The minimum Gasteiger partial charge on any atom is -0.394 e. The van der Waals surface area contributed by atoms with E-state index in [0.717, 1.165) is 5.65 Å². The summed E-state index contributed by atoms with van der Waals surface area (Å²) in [7, 11) is 0. The molecule has 0 amide bonds. The lowest BCUT2D eigenvalue weighted by atomic mass is 10.6.